The molecule has 1 fully saturated rings. The van der Waals surface area contributed by atoms with Gasteiger partial charge in [-0.1, -0.05) is 47.8 Å². The maximum Gasteiger partial charge on any atom is 0.261 e. The fraction of sp³-hybridized carbons (Fsp3) is 0.316. The Bertz CT molecular complexity index is 819. The number of rotatable bonds is 4. The van der Waals surface area contributed by atoms with Gasteiger partial charge in [0.05, 0.1) is 5.56 Å². The average molecular weight is 320 g/mol. The summed E-state index contributed by atoms with van der Waals surface area (Å²) in [7, 11) is 0. The van der Waals surface area contributed by atoms with Gasteiger partial charge in [-0.3, -0.25) is 0 Å². The van der Waals surface area contributed by atoms with Gasteiger partial charge in [-0.2, -0.15) is 4.98 Å². The predicted octanol–water partition coefficient (Wildman–Crippen LogP) is 4.46. The molecule has 2 aromatic heterocycles. The number of pyridine rings is 1. The van der Waals surface area contributed by atoms with Crippen LogP contribution in [0.4, 0.5) is 5.82 Å². The summed E-state index contributed by atoms with van der Waals surface area (Å²) in [5.74, 6) is 1.92. The molecule has 5 heteroatoms. The lowest BCUT2D eigenvalue weighted by Gasteiger charge is -2.14. The Morgan fingerprint density at radius 2 is 1.88 bits per heavy atom. The van der Waals surface area contributed by atoms with Crippen LogP contribution < -0.4 is 5.32 Å². The van der Waals surface area contributed by atoms with Gasteiger partial charge in [0.2, 0.25) is 5.82 Å². The first-order chi connectivity index (χ1) is 11.8. The molecule has 5 nitrogen and oxygen atoms in total. The molecule has 1 N–H and O–H groups in total. The van der Waals surface area contributed by atoms with Crippen LogP contribution in [0.25, 0.3) is 22.8 Å². The van der Waals surface area contributed by atoms with Gasteiger partial charge in [0.1, 0.15) is 5.82 Å². The van der Waals surface area contributed by atoms with Crippen LogP contribution in [0.2, 0.25) is 0 Å². The average Bonchev–Trinajstić information content (AvgIpc) is 3.28. The summed E-state index contributed by atoms with van der Waals surface area (Å²) < 4.78 is 5.50. The summed E-state index contributed by atoms with van der Waals surface area (Å²) >= 11 is 0. The number of benzene rings is 1. The third-order valence-corrected chi connectivity index (χ3v) is 4.47. The van der Waals surface area contributed by atoms with E-state index < -0.39 is 0 Å². The zero-order valence-corrected chi connectivity index (χ0v) is 13.7. The zero-order chi connectivity index (χ0) is 16.4. The predicted molar refractivity (Wildman–Crippen MR) is 93.6 cm³/mol. The SMILES string of the molecule is Cc1ccc(-c2noc(-c3cccnc3NC3CCCC3)n2)cc1. The molecule has 3 aromatic rings. The van der Waals surface area contributed by atoms with E-state index in [1.807, 2.05) is 36.4 Å². The molecule has 2 heterocycles. The first-order valence-corrected chi connectivity index (χ1v) is 8.42. The van der Waals surface area contributed by atoms with Crippen LogP contribution in [-0.4, -0.2) is 21.2 Å². The highest BCUT2D eigenvalue weighted by molar-refractivity contribution is 5.70. The summed E-state index contributed by atoms with van der Waals surface area (Å²) in [6.07, 6.45) is 6.72. The van der Waals surface area contributed by atoms with Gasteiger partial charge >= 0.3 is 0 Å². The molecule has 0 bridgehead atoms. The normalized spacial score (nSPS) is 14.9. The van der Waals surface area contributed by atoms with Crippen molar-refractivity contribution in [2.45, 2.75) is 38.6 Å². The molecule has 0 atom stereocenters. The number of hydrogen-bond donors (Lipinski definition) is 1. The molecular weight excluding hydrogens is 300 g/mol. The lowest BCUT2D eigenvalue weighted by molar-refractivity contribution is 0.432. The number of nitrogens with one attached hydrogen (secondary N) is 1. The Labute approximate surface area is 141 Å². The van der Waals surface area contributed by atoms with Gasteiger partial charge in [0.15, 0.2) is 0 Å². The summed E-state index contributed by atoms with van der Waals surface area (Å²) in [5, 5.41) is 7.65. The van der Waals surface area contributed by atoms with Crippen molar-refractivity contribution in [3.8, 4) is 22.8 Å². The molecule has 0 spiro atoms. The minimum absolute atomic E-state index is 0.484. The molecule has 1 saturated carbocycles. The van der Waals surface area contributed by atoms with Gasteiger partial charge in [-0.25, -0.2) is 4.98 Å². The highest BCUT2D eigenvalue weighted by Gasteiger charge is 2.19. The van der Waals surface area contributed by atoms with Crippen LogP contribution in [0.15, 0.2) is 47.1 Å². The third-order valence-electron chi connectivity index (χ3n) is 4.47. The molecular formula is C19H20N4O. The van der Waals surface area contributed by atoms with E-state index in [0.717, 1.165) is 16.9 Å². The molecule has 0 unspecified atom stereocenters. The molecule has 1 aromatic carbocycles. The quantitative estimate of drug-likeness (QED) is 0.769. The third kappa shape index (κ3) is 3.02. The van der Waals surface area contributed by atoms with Crippen molar-refractivity contribution in [2.24, 2.45) is 0 Å². The molecule has 0 saturated heterocycles. The maximum atomic E-state index is 5.50. The Morgan fingerprint density at radius 3 is 2.67 bits per heavy atom. The Hall–Kier alpha value is -2.69. The first kappa shape index (κ1) is 14.9. The molecule has 24 heavy (non-hydrogen) atoms. The van der Waals surface area contributed by atoms with Gasteiger partial charge < -0.3 is 9.84 Å². The lowest BCUT2D eigenvalue weighted by atomic mass is 10.1. The van der Waals surface area contributed by atoms with Crippen molar-refractivity contribution in [2.75, 3.05) is 5.32 Å². The minimum atomic E-state index is 0.484. The van der Waals surface area contributed by atoms with E-state index in [-0.39, 0.29) is 0 Å². The van der Waals surface area contributed by atoms with Crippen LogP contribution in [-0.2, 0) is 0 Å². The van der Waals surface area contributed by atoms with Crippen molar-refractivity contribution in [1.29, 1.82) is 0 Å². The lowest BCUT2D eigenvalue weighted by Crippen LogP contribution is -2.16. The highest BCUT2D eigenvalue weighted by Crippen LogP contribution is 2.29. The van der Waals surface area contributed by atoms with E-state index in [1.165, 1.54) is 31.2 Å². The fourth-order valence-electron chi connectivity index (χ4n) is 3.11. The Morgan fingerprint density at radius 1 is 1.08 bits per heavy atom. The second-order valence-electron chi connectivity index (χ2n) is 6.31. The largest absolute Gasteiger partial charge is 0.367 e. The van der Waals surface area contributed by atoms with Gasteiger partial charge in [-0.15, -0.1) is 0 Å². The van der Waals surface area contributed by atoms with Crippen LogP contribution >= 0.6 is 0 Å². The molecule has 0 radical (unpaired) electrons. The molecule has 0 amide bonds. The van der Waals surface area contributed by atoms with E-state index in [4.69, 9.17) is 4.52 Å². The number of aryl methyl sites for hydroxylation is 1. The van der Waals surface area contributed by atoms with E-state index >= 15 is 0 Å². The van der Waals surface area contributed by atoms with Crippen molar-refractivity contribution in [3.05, 3.63) is 48.2 Å². The number of anilines is 1. The smallest absolute Gasteiger partial charge is 0.261 e. The molecule has 0 aliphatic heterocycles. The molecule has 122 valence electrons. The van der Waals surface area contributed by atoms with Crippen LogP contribution in [0.5, 0.6) is 0 Å². The van der Waals surface area contributed by atoms with Gasteiger partial charge in [0, 0.05) is 17.8 Å². The van der Waals surface area contributed by atoms with Crippen LogP contribution in [0.3, 0.4) is 0 Å². The van der Waals surface area contributed by atoms with E-state index in [2.05, 4.69) is 27.4 Å². The van der Waals surface area contributed by atoms with E-state index in [9.17, 15) is 0 Å². The Balaban J connectivity index is 1.63. The van der Waals surface area contributed by atoms with Crippen molar-refractivity contribution >= 4 is 5.82 Å². The monoisotopic (exact) mass is 320 g/mol. The van der Waals surface area contributed by atoms with E-state index in [0.29, 0.717) is 17.8 Å². The topological polar surface area (TPSA) is 63.8 Å². The zero-order valence-electron chi connectivity index (χ0n) is 13.7. The number of hydrogen-bond acceptors (Lipinski definition) is 5. The van der Waals surface area contributed by atoms with Gasteiger partial charge in [-0.05, 0) is 31.9 Å². The fourth-order valence-corrected chi connectivity index (χ4v) is 3.11. The van der Waals surface area contributed by atoms with Gasteiger partial charge in [0.25, 0.3) is 5.89 Å². The Kier molecular flexibility index (Phi) is 3.99. The summed E-state index contributed by atoms with van der Waals surface area (Å²) in [5.41, 5.74) is 3.01. The van der Waals surface area contributed by atoms with Crippen molar-refractivity contribution in [1.82, 2.24) is 15.1 Å². The first-order valence-electron chi connectivity index (χ1n) is 8.42. The minimum Gasteiger partial charge on any atom is -0.367 e. The summed E-state index contributed by atoms with van der Waals surface area (Å²) in [6.45, 7) is 2.06. The molecule has 4 rings (SSSR count). The van der Waals surface area contributed by atoms with Crippen LogP contribution in [0, 0.1) is 6.92 Å². The standard InChI is InChI=1S/C19H20N4O/c1-13-8-10-14(11-9-13)17-22-19(24-23-17)16-7-4-12-20-18(16)21-15-5-2-3-6-15/h4,7-12,15H,2-3,5-6H2,1H3,(H,20,21). The van der Waals surface area contributed by atoms with Crippen molar-refractivity contribution < 1.29 is 4.52 Å². The van der Waals surface area contributed by atoms with E-state index in [1.54, 1.807) is 6.20 Å². The number of nitrogens with zero attached hydrogens (tertiary/aromatic N) is 3. The molecule has 1 aliphatic rings. The highest BCUT2D eigenvalue weighted by atomic mass is 16.5. The summed E-state index contributed by atoms with van der Waals surface area (Å²) in [6, 6.07) is 12.4. The summed E-state index contributed by atoms with van der Waals surface area (Å²) in [4.78, 5) is 9.03. The second-order valence-corrected chi connectivity index (χ2v) is 6.31. The second kappa shape index (κ2) is 6.43. The maximum absolute atomic E-state index is 5.50. The number of aromatic nitrogens is 3. The van der Waals surface area contributed by atoms with Crippen molar-refractivity contribution in [3.63, 3.8) is 0 Å². The molecule has 1 aliphatic carbocycles. The van der Waals surface area contributed by atoms with Crippen LogP contribution in [0.1, 0.15) is 31.2 Å².